The van der Waals surface area contributed by atoms with E-state index in [2.05, 4.69) is 10.6 Å². The highest BCUT2D eigenvalue weighted by molar-refractivity contribution is 5.96. The van der Waals surface area contributed by atoms with Crippen LogP contribution in [-0.2, 0) is 6.54 Å². The molecule has 0 radical (unpaired) electrons. The smallest absolute Gasteiger partial charge is 0.251 e. The van der Waals surface area contributed by atoms with Crippen molar-refractivity contribution in [1.82, 2.24) is 5.32 Å². The molecular weight excluding hydrogens is 250 g/mol. The number of hydrogen-bond donors (Lipinski definition) is 3. The molecule has 0 bridgehead atoms. The lowest BCUT2D eigenvalue weighted by atomic mass is 10.1. The fourth-order valence-electron chi connectivity index (χ4n) is 1.92. The molecule has 0 aliphatic rings. The van der Waals surface area contributed by atoms with Gasteiger partial charge in [0, 0.05) is 18.7 Å². The number of benzene rings is 2. The molecule has 2 rings (SSSR count). The van der Waals surface area contributed by atoms with Gasteiger partial charge >= 0.3 is 0 Å². The molecule has 4 N–H and O–H groups in total. The van der Waals surface area contributed by atoms with E-state index in [0.29, 0.717) is 24.3 Å². The average Bonchev–Trinajstić information content (AvgIpc) is 2.47. The van der Waals surface area contributed by atoms with Crippen molar-refractivity contribution in [3.8, 4) is 0 Å². The summed E-state index contributed by atoms with van der Waals surface area (Å²) in [4.78, 5) is 11.7. The first-order chi connectivity index (χ1) is 9.70. The van der Waals surface area contributed by atoms with Crippen molar-refractivity contribution in [2.75, 3.05) is 17.6 Å². The maximum absolute atomic E-state index is 11.7. The Bertz CT molecular complexity index is 582. The summed E-state index contributed by atoms with van der Waals surface area (Å²) in [5.74, 6) is -0.103. The Morgan fingerprint density at radius 3 is 2.55 bits per heavy atom. The minimum Gasteiger partial charge on any atom is -0.397 e. The van der Waals surface area contributed by atoms with E-state index in [0.717, 1.165) is 5.69 Å². The normalized spacial score (nSPS) is 10.1. The Morgan fingerprint density at radius 1 is 1.15 bits per heavy atom. The Labute approximate surface area is 119 Å². The molecule has 2 aromatic rings. The van der Waals surface area contributed by atoms with Gasteiger partial charge in [0.1, 0.15) is 0 Å². The number of amides is 1. The minimum absolute atomic E-state index is 0.103. The quantitative estimate of drug-likeness (QED) is 0.731. The van der Waals surface area contributed by atoms with Crippen LogP contribution in [-0.4, -0.2) is 12.5 Å². The summed E-state index contributed by atoms with van der Waals surface area (Å²) >= 11 is 0. The Morgan fingerprint density at radius 2 is 1.90 bits per heavy atom. The van der Waals surface area contributed by atoms with Crippen molar-refractivity contribution >= 4 is 17.3 Å². The van der Waals surface area contributed by atoms with Crippen molar-refractivity contribution in [2.24, 2.45) is 0 Å². The van der Waals surface area contributed by atoms with E-state index in [-0.39, 0.29) is 5.91 Å². The molecular formula is C16H19N3O. The molecule has 0 aromatic heterocycles. The summed E-state index contributed by atoms with van der Waals surface area (Å²) in [5, 5.41) is 6.02. The van der Waals surface area contributed by atoms with Gasteiger partial charge < -0.3 is 16.4 Å². The van der Waals surface area contributed by atoms with Crippen LogP contribution in [0.4, 0.5) is 11.4 Å². The lowest BCUT2D eigenvalue weighted by molar-refractivity contribution is 0.0956. The second kappa shape index (κ2) is 6.61. The molecule has 0 saturated heterocycles. The van der Waals surface area contributed by atoms with Crippen LogP contribution in [0.1, 0.15) is 22.8 Å². The van der Waals surface area contributed by atoms with Crippen LogP contribution in [0.2, 0.25) is 0 Å². The Hall–Kier alpha value is -2.49. The number of nitrogens with one attached hydrogen (secondary N) is 2. The first-order valence-electron chi connectivity index (χ1n) is 6.66. The first kappa shape index (κ1) is 13.9. The largest absolute Gasteiger partial charge is 0.397 e. The number of hydrogen-bond acceptors (Lipinski definition) is 3. The second-order valence-corrected chi connectivity index (χ2v) is 4.50. The highest BCUT2D eigenvalue weighted by Crippen LogP contribution is 2.20. The molecule has 20 heavy (non-hydrogen) atoms. The number of anilines is 2. The minimum atomic E-state index is -0.103. The molecule has 1 amide bonds. The zero-order valence-electron chi connectivity index (χ0n) is 11.5. The van der Waals surface area contributed by atoms with Gasteiger partial charge in [-0.15, -0.1) is 0 Å². The van der Waals surface area contributed by atoms with Gasteiger partial charge in [0.25, 0.3) is 5.91 Å². The zero-order chi connectivity index (χ0) is 14.4. The molecule has 0 spiro atoms. The van der Waals surface area contributed by atoms with E-state index < -0.39 is 0 Å². The summed E-state index contributed by atoms with van der Waals surface area (Å²) in [6.07, 6.45) is 0. The number of rotatable bonds is 5. The van der Waals surface area contributed by atoms with Gasteiger partial charge in [-0.2, -0.15) is 0 Å². The van der Waals surface area contributed by atoms with E-state index in [1.807, 2.05) is 43.3 Å². The SMILES string of the molecule is CCNC(=O)c1ccc(NCc2ccccc2)c(N)c1. The number of carbonyl (C=O) groups excluding carboxylic acids is 1. The molecule has 4 nitrogen and oxygen atoms in total. The van der Waals surface area contributed by atoms with Crippen molar-refractivity contribution < 1.29 is 4.79 Å². The summed E-state index contributed by atoms with van der Waals surface area (Å²) in [6, 6.07) is 15.4. The molecule has 0 unspecified atom stereocenters. The summed E-state index contributed by atoms with van der Waals surface area (Å²) in [6.45, 7) is 3.19. The first-order valence-corrected chi connectivity index (χ1v) is 6.66. The number of carbonyl (C=O) groups is 1. The molecule has 0 heterocycles. The highest BCUT2D eigenvalue weighted by atomic mass is 16.1. The van der Waals surface area contributed by atoms with E-state index in [1.165, 1.54) is 5.56 Å². The van der Waals surface area contributed by atoms with Gasteiger partial charge in [-0.05, 0) is 30.7 Å². The van der Waals surface area contributed by atoms with Crippen LogP contribution >= 0.6 is 0 Å². The molecule has 4 heteroatoms. The van der Waals surface area contributed by atoms with Crippen molar-refractivity contribution in [3.05, 3.63) is 59.7 Å². The standard InChI is InChI=1S/C16H19N3O/c1-2-18-16(20)13-8-9-15(14(17)10-13)19-11-12-6-4-3-5-7-12/h3-10,19H,2,11,17H2,1H3,(H,18,20). The lowest BCUT2D eigenvalue weighted by Gasteiger charge is -2.11. The monoisotopic (exact) mass is 269 g/mol. The molecule has 2 aromatic carbocycles. The summed E-state index contributed by atoms with van der Waals surface area (Å²) in [7, 11) is 0. The maximum atomic E-state index is 11.7. The number of nitrogens with two attached hydrogens (primary N) is 1. The predicted octanol–water partition coefficient (Wildman–Crippen LogP) is 2.63. The average molecular weight is 269 g/mol. The van der Waals surface area contributed by atoms with Crippen LogP contribution in [0.25, 0.3) is 0 Å². The summed E-state index contributed by atoms with van der Waals surface area (Å²) in [5.41, 5.74) is 9.14. The number of nitrogen functional groups attached to an aromatic ring is 1. The van der Waals surface area contributed by atoms with Crippen LogP contribution in [0.5, 0.6) is 0 Å². The Kier molecular flexibility index (Phi) is 4.60. The molecule has 0 aliphatic carbocycles. The van der Waals surface area contributed by atoms with E-state index in [9.17, 15) is 4.79 Å². The van der Waals surface area contributed by atoms with Gasteiger partial charge in [0.05, 0.1) is 11.4 Å². The fourth-order valence-corrected chi connectivity index (χ4v) is 1.92. The Balaban J connectivity index is 2.04. The van der Waals surface area contributed by atoms with E-state index in [1.54, 1.807) is 12.1 Å². The van der Waals surface area contributed by atoms with Crippen molar-refractivity contribution in [2.45, 2.75) is 13.5 Å². The third-order valence-electron chi connectivity index (χ3n) is 2.98. The molecule has 104 valence electrons. The van der Waals surface area contributed by atoms with Crippen molar-refractivity contribution in [1.29, 1.82) is 0 Å². The topological polar surface area (TPSA) is 67.2 Å². The van der Waals surface area contributed by atoms with Gasteiger partial charge in [0.2, 0.25) is 0 Å². The van der Waals surface area contributed by atoms with Gasteiger partial charge in [-0.25, -0.2) is 0 Å². The van der Waals surface area contributed by atoms with Crippen LogP contribution in [0, 0.1) is 0 Å². The van der Waals surface area contributed by atoms with Crippen LogP contribution in [0.3, 0.4) is 0 Å². The van der Waals surface area contributed by atoms with Gasteiger partial charge in [-0.3, -0.25) is 4.79 Å². The molecule has 0 saturated carbocycles. The molecule has 0 fully saturated rings. The summed E-state index contributed by atoms with van der Waals surface area (Å²) < 4.78 is 0. The van der Waals surface area contributed by atoms with Crippen molar-refractivity contribution in [3.63, 3.8) is 0 Å². The molecule has 0 atom stereocenters. The van der Waals surface area contributed by atoms with Crippen LogP contribution in [0.15, 0.2) is 48.5 Å². The lowest BCUT2D eigenvalue weighted by Crippen LogP contribution is -2.22. The second-order valence-electron chi connectivity index (χ2n) is 4.50. The van der Waals surface area contributed by atoms with E-state index in [4.69, 9.17) is 5.73 Å². The van der Waals surface area contributed by atoms with Gasteiger partial charge in [-0.1, -0.05) is 30.3 Å². The van der Waals surface area contributed by atoms with E-state index >= 15 is 0 Å². The highest BCUT2D eigenvalue weighted by Gasteiger charge is 2.07. The maximum Gasteiger partial charge on any atom is 0.251 e. The van der Waals surface area contributed by atoms with Crippen LogP contribution < -0.4 is 16.4 Å². The third kappa shape index (κ3) is 3.51. The zero-order valence-corrected chi connectivity index (χ0v) is 11.5. The van der Waals surface area contributed by atoms with Gasteiger partial charge in [0.15, 0.2) is 0 Å². The predicted molar refractivity (Wildman–Crippen MR) is 82.6 cm³/mol. The third-order valence-corrected chi connectivity index (χ3v) is 2.98. The molecule has 0 aliphatic heterocycles. The fraction of sp³-hybridized carbons (Fsp3) is 0.188.